The molecule has 2 rings (SSSR count). The molecule has 0 aromatic carbocycles. The Morgan fingerprint density at radius 2 is 2.36 bits per heavy atom. The van der Waals surface area contributed by atoms with Crippen LogP contribution in [0.4, 0.5) is 13.2 Å². The van der Waals surface area contributed by atoms with Gasteiger partial charge in [0.15, 0.2) is 5.69 Å². The van der Waals surface area contributed by atoms with Crippen molar-refractivity contribution in [2.75, 3.05) is 19.8 Å². The highest BCUT2D eigenvalue weighted by molar-refractivity contribution is 7.09. The zero-order valence-electron chi connectivity index (χ0n) is 11.8. The van der Waals surface area contributed by atoms with Gasteiger partial charge in [0, 0.05) is 11.9 Å². The Bertz CT molecular complexity index is 492. The van der Waals surface area contributed by atoms with E-state index in [2.05, 4.69) is 15.6 Å². The fourth-order valence-corrected chi connectivity index (χ4v) is 2.88. The predicted molar refractivity (Wildman–Crippen MR) is 78.1 cm³/mol. The monoisotopic (exact) mass is 359 g/mol. The molecule has 1 aromatic heterocycles. The summed E-state index contributed by atoms with van der Waals surface area (Å²) in [5.74, 6) is -0.287. The third-order valence-electron chi connectivity index (χ3n) is 3.07. The van der Waals surface area contributed by atoms with Crippen molar-refractivity contribution in [2.45, 2.75) is 31.6 Å². The van der Waals surface area contributed by atoms with Crippen molar-refractivity contribution in [3.63, 3.8) is 0 Å². The molecule has 2 atom stereocenters. The number of morpholine rings is 1. The topological polar surface area (TPSA) is 63.2 Å². The molecule has 5 nitrogen and oxygen atoms in total. The number of nitrogens with zero attached hydrogens (tertiary/aromatic N) is 1. The van der Waals surface area contributed by atoms with Gasteiger partial charge in [-0.3, -0.25) is 4.79 Å². The number of rotatable bonds is 4. The maximum absolute atomic E-state index is 12.6. The predicted octanol–water partition coefficient (Wildman–Crippen LogP) is 2.14. The molecule has 1 aliphatic heterocycles. The Morgan fingerprint density at radius 3 is 2.86 bits per heavy atom. The van der Waals surface area contributed by atoms with Gasteiger partial charge in [-0.1, -0.05) is 6.92 Å². The van der Waals surface area contributed by atoms with Crippen LogP contribution in [0.5, 0.6) is 0 Å². The lowest BCUT2D eigenvalue weighted by Crippen LogP contribution is -2.51. The summed E-state index contributed by atoms with van der Waals surface area (Å²) in [7, 11) is 0. The SMILES string of the molecule is CCC(NC(=O)C1COCCN1)c1nc(C(F)(F)F)cs1.Cl. The molecule has 0 radical (unpaired) electrons. The average molecular weight is 360 g/mol. The minimum absolute atomic E-state index is 0. The van der Waals surface area contributed by atoms with E-state index in [0.717, 1.165) is 16.7 Å². The smallest absolute Gasteiger partial charge is 0.378 e. The van der Waals surface area contributed by atoms with E-state index >= 15 is 0 Å². The number of carbonyl (C=O) groups is 1. The van der Waals surface area contributed by atoms with Gasteiger partial charge in [-0.05, 0) is 6.42 Å². The highest BCUT2D eigenvalue weighted by atomic mass is 35.5. The van der Waals surface area contributed by atoms with Crippen LogP contribution in [0.2, 0.25) is 0 Å². The van der Waals surface area contributed by atoms with E-state index in [9.17, 15) is 18.0 Å². The lowest BCUT2D eigenvalue weighted by atomic mass is 10.2. The largest absolute Gasteiger partial charge is 0.434 e. The van der Waals surface area contributed by atoms with Crippen LogP contribution in [-0.2, 0) is 15.7 Å². The van der Waals surface area contributed by atoms with E-state index in [1.54, 1.807) is 6.92 Å². The van der Waals surface area contributed by atoms with Crippen LogP contribution in [0.1, 0.15) is 30.1 Å². The Morgan fingerprint density at radius 1 is 1.64 bits per heavy atom. The van der Waals surface area contributed by atoms with Crippen LogP contribution in [0.25, 0.3) is 0 Å². The second kappa shape index (κ2) is 8.09. The molecule has 0 bridgehead atoms. The summed E-state index contributed by atoms with van der Waals surface area (Å²) in [6.45, 7) is 3.16. The van der Waals surface area contributed by atoms with E-state index in [0.29, 0.717) is 19.6 Å². The van der Waals surface area contributed by atoms with Gasteiger partial charge in [0.05, 0.1) is 19.3 Å². The lowest BCUT2D eigenvalue weighted by molar-refractivity contribution is -0.140. The van der Waals surface area contributed by atoms with Gasteiger partial charge in [0.1, 0.15) is 11.0 Å². The molecule has 2 unspecified atom stereocenters. The molecular formula is C12H17ClF3N3O2S. The van der Waals surface area contributed by atoms with Crippen molar-refractivity contribution in [3.05, 3.63) is 16.1 Å². The van der Waals surface area contributed by atoms with Crippen molar-refractivity contribution in [2.24, 2.45) is 0 Å². The number of amides is 1. The minimum Gasteiger partial charge on any atom is -0.378 e. The number of thiazole rings is 1. The van der Waals surface area contributed by atoms with Gasteiger partial charge >= 0.3 is 6.18 Å². The number of alkyl halides is 3. The molecular weight excluding hydrogens is 343 g/mol. The second-order valence-corrected chi connectivity index (χ2v) is 5.51. The third-order valence-corrected chi connectivity index (χ3v) is 4.03. The van der Waals surface area contributed by atoms with E-state index in [1.165, 1.54) is 0 Å². The number of hydrogen-bond donors (Lipinski definition) is 2. The standard InChI is InChI=1S/C12H16F3N3O2S.ClH/c1-2-7(11-18-9(6-21-11)12(13,14)15)17-10(19)8-5-20-4-3-16-8;/h6-8,16H,2-5H2,1H3,(H,17,19);1H. The molecule has 1 saturated heterocycles. The first-order valence-corrected chi connectivity index (χ1v) is 7.44. The van der Waals surface area contributed by atoms with Crippen molar-refractivity contribution < 1.29 is 22.7 Å². The highest BCUT2D eigenvalue weighted by Crippen LogP contribution is 2.32. The maximum Gasteiger partial charge on any atom is 0.434 e. The minimum atomic E-state index is -4.46. The van der Waals surface area contributed by atoms with Gasteiger partial charge in [-0.2, -0.15) is 13.2 Å². The second-order valence-electron chi connectivity index (χ2n) is 4.62. The maximum atomic E-state index is 12.6. The van der Waals surface area contributed by atoms with Gasteiger partial charge in [-0.25, -0.2) is 4.98 Å². The first kappa shape index (κ1) is 19.1. The molecule has 1 aliphatic rings. The summed E-state index contributed by atoms with van der Waals surface area (Å²) in [6, 6.07) is -1.00. The fourth-order valence-electron chi connectivity index (χ4n) is 1.92. The number of hydrogen-bond acceptors (Lipinski definition) is 5. The van der Waals surface area contributed by atoms with Crippen LogP contribution in [0.3, 0.4) is 0 Å². The zero-order valence-corrected chi connectivity index (χ0v) is 13.4. The molecule has 0 spiro atoms. The number of nitrogens with one attached hydrogen (secondary N) is 2. The van der Waals surface area contributed by atoms with E-state index in [-0.39, 0.29) is 29.9 Å². The number of carbonyl (C=O) groups excluding carboxylic acids is 1. The van der Waals surface area contributed by atoms with Crippen molar-refractivity contribution in [1.82, 2.24) is 15.6 Å². The van der Waals surface area contributed by atoms with Crippen LogP contribution in [0.15, 0.2) is 5.38 Å². The molecule has 126 valence electrons. The quantitative estimate of drug-likeness (QED) is 0.864. The van der Waals surface area contributed by atoms with Crippen molar-refractivity contribution in [1.29, 1.82) is 0 Å². The normalized spacial score (nSPS) is 20.1. The van der Waals surface area contributed by atoms with Crippen LogP contribution < -0.4 is 10.6 Å². The molecule has 2 N–H and O–H groups in total. The molecule has 0 saturated carbocycles. The van der Waals surface area contributed by atoms with Gasteiger partial charge in [0.2, 0.25) is 5.91 Å². The van der Waals surface area contributed by atoms with Gasteiger partial charge in [0.25, 0.3) is 0 Å². The summed E-state index contributed by atoms with van der Waals surface area (Å²) in [6.07, 6.45) is -4.00. The van der Waals surface area contributed by atoms with Gasteiger partial charge < -0.3 is 15.4 Å². The Kier molecular flexibility index (Phi) is 7.04. The fraction of sp³-hybridized carbons (Fsp3) is 0.667. The van der Waals surface area contributed by atoms with Gasteiger partial charge in [-0.15, -0.1) is 23.7 Å². The summed E-state index contributed by atoms with van der Waals surface area (Å²) < 4.78 is 42.8. The molecule has 1 aromatic rings. The molecule has 1 amide bonds. The Balaban J connectivity index is 0.00000242. The van der Waals surface area contributed by atoms with Crippen molar-refractivity contribution >= 4 is 29.7 Å². The Hall–Kier alpha value is -0.900. The zero-order chi connectivity index (χ0) is 15.5. The summed E-state index contributed by atoms with van der Waals surface area (Å²) in [5, 5.41) is 6.94. The molecule has 0 aliphatic carbocycles. The Labute approximate surface area is 136 Å². The molecule has 2 heterocycles. The summed E-state index contributed by atoms with van der Waals surface area (Å²) in [4.78, 5) is 15.6. The van der Waals surface area contributed by atoms with Crippen LogP contribution in [0, 0.1) is 0 Å². The van der Waals surface area contributed by atoms with E-state index in [4.69, 9.17) is 4.74 Å². The molecule has 1 fully saturated rings. The average Bonchev–Trinajstić information content (AvgIpc) is 2.95. The number of aromatic nitrogens is 1. The van der Waals surface area contributed by atoms with Crippen molar-refractivity contribution in [3.8, 4) is 0 Å². The van der Waals surface area contributed by atoms with E-state index in [1.807, 2.05) is 0 Å². The highest BCUT2D eigenvalue weighted by Gasteiger charge is 2.34. The molecule has 10 heteroatoms. The first-order valence-electron chi connectivity index (χ1n) is 6.56. The summed E-state index contributed by atoms with van der Waals surface area (Å²) >= 11 is 0.900. The third kappa shape index (κ3) is 4.80. The summed E-state index contributed by atoms with van der Waals surface area (Å²) in [5.41, 5.74) is -0.922. The van der Waals surface area contributed by atoms with Crippen LogP contribution >= 0.6 is 23.7 Å². The first-order chi connectivity index (χ1) is 9.91. The van der Waals surface area contributed by atoms with Crippen LogP contribution in [-0.4, -0.2) is 36.7 Å². The number of halogens is 4. The lowest BCUT2D eigenvalue weighted by Gasteiger charge is -2.25. The van der Waals surface area contributed by atoms with E-state index < -0.39 is 24.0 Å². The molecule has 22 heavy (non-hydrogen) atoms. The number of ether oxygens (including phenoxy) is 1.